The molecule has 1 atom stereocenters. The number of fused-ring (bicyclic) bond motifs is 1. The topological polar surface area (TPSA) is 62.5 Å². The molecular formula is C25H23Cl2N5O. The molecule has 4 aromatic rings. The van der Waals surface area contributed by atoms with Gasteiger partial charge in [-0.1, -0.05) is 59.6 Å². The Hall–Kier alpha value is -3.09. The quantitative estimate of drug-likeness (QED) is 0.425. The average Bonchev–Trinajstić information content (AvgIpc) is 3.28. The molecule has 33 heavy (non-hydrogen) atoms. The molecule has 3 heterocycles. The van der Waals surface area contributed by atoms with E-state index in [4.69, 9.17) is 28.3 Å². The Morgan fingerprint density at radius 2 is 1.88 bits per heavy atom. The minimum Gasteiger partial charge on any atom is -0.354 e. The molecule has 0 unspecified atom stereocenters. The van der Waals surface area contributed by atoms with E-state index in [0.29, 0.717) is 23.1 Å². The number of benzene rings is 2. The van der Waals surface area contributed by atoms with Gasteiger partial charge in [0, 0.05) is 42.6 Å². The van der Waals surface area contributed by atoms with Crippen LogP contribution in [0.1, 0.15) is 18.4 Å². The summed E-state index contributed by atoms with van der Waals surface area (Å²) < 4.78 is 1.82. The van der Waals surface area contributed by atoms with Crippen molar-refractivity contribution in [2.45, 2.75) is 19.4 Å². The lowest BCUT2D eigenvalue weighted by atomic mass is 9.97. The molecule has 168 valence electrons. The number of nitrogens with one attached hydrogen (secondary N) is 1. The lowest BCUT2D eigenvalue weighted by Crippen LogP contribution is -2.43. The second kappa shape index (κ2) is 9.41. The highest BCUT2D eigenvalue weighted by atomic mass is 35.5. The largest absolute Gasteiger partial charge is 0.354 e. The van der Waals surface area contributed by atoms with E-state index in [0.717, 1.165) is 47.5 Å². The number of carbonyl (C=O) groups is 1. The van der Waals surface area contributed by atoms with Gasteiger partial charge in [-0.05, 0) is 36.6 Å². The summed E-state index contributed by atoms with van der Waals surface area (Å²) in [5.41, 5.74) is 3.48. The molecule has 1 N–H and O–H groups in total. The highest BCUT2D eigenvalue weighted by Crippen LogP contribution is 2.31. The van der Waals surface area contributed by atoms with E-state index >= 15 is 0 Å². The molecule has 8 heteroatoms. The zero-order valence-corrected chi connectivity index (χ0v) is 19.4. The van der Waals surface area contributed by atoms with Crippen LogP contribution in [0.15, 0.2) is 67.0 Å². The summed E-state index contributed by atoms with van der Waals surface area (Å²) >= 11 is 12.6. The SMILES string of the molecule is O=C(NCc1ccccc1Cl)[C@@H]1CCCN(c2nccn3nc(-c4ccccc4Cl)cc23)C1. The zero-order valence-electron chi connectivity index (χ0n) is 17.9. The molecule has 1 saturated heterocycles. The van der Waals surface area contributed by atoms with Gasteiger partial charge in [0.1, 0.15) is 5.52 Å². The van der Waals surface area contributed by atoms with E-state index < -0.39 is 0 Å². The number of hydrogen-bond donors (Lipinski definition) is 1. The first-order chi connectivity index (χ1) is 16.1. The fourth-order valence-electron chi connectivity index (χ4n) is 4.30. The van der Waals surface area contributed by atoms with Crippen LogP contribution in [0.5, 0.6) is 0 Å². The second-order valence-corrected chi connectivity index (χ2v) is 9.00. The molecule has 0 spiro atoms. The lowest BCUT2D eigenvalue weighted by Gasteiger charge is -2.33. The van der Waals surface area contributed by atoms with Crippen molar-refractivity contribution in [3.8, 4) is 11.3 Å². The standard InChI is InChI=1S/C25H23Cl2N5O/c26-20-9-3-1-6-17(20)15-29-25(33)18-7-5-12-31(16-18)24-23-14-22(30-32(23)13-11-28-24)19-8-2-4-10-21(19)27/h1-4,6,8-11,13-14,18H,5,7,12,15-16H2,(H,29,33)/t18-/m1/s1. The first kappa shape index (κ1) is 21.7. The number of piperidine rings is 1. The predicted octanol–water partition coefficient (Wildman–Crippen LogP) is 5.24. The minimum absolute atomic E-state index is 0.0387. The number of aromatic nitrogens is 3. The van der Waals surface area contributed by atoms with Crippen LogP contribution >= 0.6 is 23.2 Å². The summed E-state index contributed by atoms with van der Waals surface area (Å²) in [6, 6.07) is 17.2. The maximum Gasteiger partial charge on any atom is 0.225 e. The third-order valence-electron chi connectivity index (χ3n) is 6.02. The summed E-state index contributed by atoms with van der Waals surface area (Å²) in [5, 5.41) is 9.06. The van der Waals surface area contributed by atoms with E-state index in [9.17, 15) is 4.79 Å². The van der Waals surface area contributed by atoms with Crippen molar-refractivity contribution in [1.82, 2.24) is 19.9 Å². The van der Waals surface area contributed by atoms with Crippen LogP contribution in [-0.2, 0) is 11.3 Å². The van der Waals surface area contributed by atoms with Gasteiger partial charge in [-0.3, -0.25) is 4.79 Å². The van der Waals surface area contributed by atoms with Crippen molar-refractivity contribution >= 4 is 40.4 Å². The second-order valence-electron chi connectivity index (χ2n) is 8.18. The van der Waals surface area contributed by atoms with Crippen molar-refractivity contribution in [3.63, 3.8) is 0 Å². The van der Waals surface area contributed by atoms with Crippen LogP contribution < -0.4 is 10.2 Å². The predicted molar refractivity (Wildman–Crippen MR) is 132 cm³/mol. The maximum absolute atomic E-state index is 12.9. The molecule has 1 fully saturated rings. The molecule has 2 aromatic heterocycles. The van der Waals surface area contributed by atoms with E-state index in [1.807, 2.05) is 65.3 Å². The Labute approximate surface area is 202 Å². The van der Waals surface area contributed by atoms with E-state index in [-0.39, 0.29) is 11.8 Å². The van der Waals surface area contributed by atoms with Gasteiger partial charge in [0.05, 0.1) is 16.6 Å². The van der Waals surface area contributed by atoms with Crippen molar-refractivity contribution in [3.05, 3.63) is 82.6 Å². The number of halogens is 2. The van der Waals surface area contributed by atoms with Crippen LogP contribution in [0.2, 0.25) is 10.0 Å². The summed E-state index contributed by atoms with van der Waals surface area (Å²) in [7, 11) is 0. The van der Waals surface area contributed by atoms with Gasteiger partial charge in [0.15, 0.2) is 5.82 Å². The third kappa shape index (κ3) is 4.54. The van der Waals surface area contributed by atoms with Crippen LogP contribution in [-0.4, -0.2) is 33.6 Å². The Morgan fingerprint density at radius 3 is 2.70 bits per heavy atom. The van der Waals surface area contributed by atoms with E-state index in [2.05, 4.69) is 15.2 Å². The van der Waals surface area contributed by atoms with Crippen molar-refractivity contribution in [1.29, 1.82) is 0 Å². The molecule has 0 radical (unpaired) electrons. The fourth-order valence-corrected chi connectivity index (χ4v) is 4.74. The first-order valence-corrected chi connectivity index (χ1v) is 11.7. The number of nitrogens with zero attached hydrogens (tertiary/aromatic N) is 4. The van der Waals surface area contributed by atoms with Crippen LogP contribution in [0.4, 0.5) is 5.82 Å². The zero-order chi connectivity index (χ0) is 22.8. The summed E-state index contributed by atoms with van der Waals surface area (Å²) in [5.74, 6) is 0.748. The summed E-state index contributed by atoms with van der Waals surface area (Å²) in [4.78, 5) is 19.7. The first-order valence-electron chi connectivity index (χ1n) is 11.0. The number of carbonyl (C=O) groups excluding carboxylic acids is 1. The minimum atomic E-state index is -0.116. The molecule has 1 aliphatic heterocycles. The maximum atomic E-state index is 12.9. The molecule has 0 bridgehead atoms. The molecule has 0 saturated carbocycles. The molecule has 6 nitrogen and oxygen atoms in total. The van der Waals surface area contributed by atoms with E-state index in [1.165, 1.54) is 0 Å². The Bertz CT molecular complexity index is 1300. The van der Waals surface area contributed by atoms with Gasteiger partial charge in [0.25, 0.3) is 0 Å². The van der Waals surface area contributed by atoms with Gasteiger partial charge < -0.3 is 10.2 Å². The van der Waals surface area contributed by atoms with Gasteiger partial charge in [-0.15, -0.1) is 0 Å². The summed E-state index contributed by atoms with van der Waals surface area (Å²) in [6.45, 7) is 1.87. The molecule has 1 aliphatic rings. The van der Waals surface area contributed by atoms with Gasteiger partial charge in [0.2, 0.25) is 5.91 Å². The van der Waals surface area contributed by atoms with Crippen molar-refractivity contribution < 1.29 is 4.79 Å². The van der Waals surface area contributed by atoms with Crippen LogP contribution in [0.3, 0.4) is 0 Å². The van der Waals surface area contributed by atoms with Crippen molar-refractivity contribution in [2.24, 2.45) is 5.92 Å². The van der Waals surface area contributed by atoms with Gasteiger partial charge in [-0.25, -0.2) is 9.50 Å². The highest BCUT2D eigenvalue weighted by molar-refractivity contribution is 6.33. The molecule has 1 amide bonds. The van der Waals surface area contributed by atoms with Crippen LogP contribution in [0, 0.1) is 5.92 Å². The van der Waals surface area contributed by atoms with Gasteiger partial charge >= 0.3 is 0 Å². The Balaban J connectivity index is 1.35. The number of anilines is 1. The van der Waals surface area contributed by atoms with Crippen LogP contribution in [0.25, 0.3) is 16.8 Å². The highest BCUT2D eigenvalue weighted by Gasteiger charge is 2.28. The monoisotopic (exact) mass is 479 g/mol. The molecule has 2 aromatic carbocycles. The van der Waals surface area contributed by atoms with Crippen molar-refractivity contribution in [2.75, 3.05) is 18.0 Å². The fraction of sp³-hybridized carbons (Fsp3) is 0.240. The average molecular weight is 480 g/mol. The normalized spacial score (nSPS) is 16.2. The molecular weight excluding hydrogens is 457 g/mol. The van der Waals surface area contributed by atoms with Gasteiger partial charge in [-0.2, -0.15) is 5.10 Å². The number of rotatable bonds is 5. The number of amides is 1. The molecule has 5 rings (SSSR count). The Kier molecular flexibility index (Phi) is 6.20. The summed E-state index contributed by atoms with van der Waals surface area (Å²) in [6.07, 6.45) is 5.33. The van der Waals surface area contributed by atoms with E-state index in [1.54, 1.807) is 6.20 Å². The third-order valence-corrected chi connectivity index (χ3v) is 6.72. The number of hydrogen-bond acceptors (Lipinski definition) is 4. The smallest absolute Gasteiger partial charge is 0.225 e. The lowest BCUT2D eigenvalue weighted by molar-refractivity contribution is -0.125. The molecule has 0 aliphatic carbocycles. The Morgan fingerprint density at radius 1 is 1.09 bits per heavy atom.